The van der Waals surface area contributed by atoms with Gasteiger partial charge >= 0.3 is 6.18 Å². The maximum atomic E-state index is 13.2. The van der Waals surface area contributed by atoms with Crippen LogP contribution < -0.4 is 11.5 Å². The van der Waals surface area contributed by atoms with Crippen LogP contribution in [-0.2, 0) is 17.4 Å². The van der Waals surface area contributed by atoms with Crippen molar-refractivity contribution in [3.63, 3.8) is 0 Å². The van der Waals surface area contributed by atoms with Gasteiger partial charge in [0.2, 0.25) is 5.91 Å². The van der Waals surface area contributed by atoms with Crippen molar-refractivity contribution in [1.82, 2.24) is 14.7 Å². The van der Waals surface area contributed by atoms with Gasteiger partial charge in [0.05, 0.1) is 22.3 Å². The maximum Gasteiger partial charge on any atom is 0.418 e. The van der Waals surface area contributed by atoms with Crippen molar-refractivity contribution >= 4 is 23.2 Å². The highest BCUT2D eigenvalue weighted by Gasteiger charge is 2.35. The van der Waals surface area contributed by atoms with Gasteiger partial charge in [0, 0.05) is 32.2 Å². The fourth-order valence-corrected chi connectivity index (χ4v) is 4.51. The van der Waals surface area contributed by atoms with Crippen LogP contribution in [0.3, 0.4) is 0 Å². The van der Waals surface area contributed by atoms with E-state index in [0.717, 1.165) is 45.1 Å². The number of carbonyl (C=O) groups is 1. The zero-order valence-electron chi connectivity index (χ0n) is 17.1. The Hall–Kier alpha value is -1.55. The Morgan fingerprint density at radius 1 is 1.17 bits per heavy atom. The molecule has 4 N–H and O–H groups in total. The lowest BCUT2D eigenvalue weighted by atomic mass is 10.0. The fourth-order valence-electron chi connectivity index (χ4n) is 4.27. The normalized spacial score (nSPS) is 21.1. The van der Waals surface area contributed by atoms with Gasteiger partial charge in [-0.15, -0.1) is 0 Å². The quantitative estimate of drug-likeness (QED) is 0.691. The second-order valence-electron chi connectivity index (χ2n) is 8.24. The summed E-state index contributed by atoms with van der Waals surface area (Å²) in [7, 11) is 2.13. The molecular weight excluding hydrogens is 419 g/mol. The number of alkyl halides is 3. The molecule has 0 radical (unpaired) electrons. The van der Waals surface area contributed by atoms with Gasteiger partial charge in [-0.25, -0.2) is 0 Å². The molecule has 2 heterocycles. The molecule has 2 aliphatic heterocycles. The molecule has 1 amide bonds. The topological polar surface area (TPSA) is 78.8 Å². The first-order chi connectivity index (χ1) is 14.1. The average molecular weight is 448 g/mol. The number of likely N-dealkylation sites (tertiary alicyclic amines) is 1. The molecule has 0 unspecified atom stereocenters. The number of piperazine rings is 1. The van der Waals surface area contributed by atoms with E-state index in [4.69, 9.17) is 23.1 Å². The van der Waals surface area contributed by atoms with Crippen molar-refractivity contribution < 1.29 is 18.0 Å². The molecule has 0 aromatic heterocycles. The van der Waals surface area contributed by atoms with Gasteiger partial charge in [0.1, 0.15) is 0 Å². The number of nitrogen functional groups attached to an aromatic ring is 1. The summed E-state index contributed by atoms with van der Waals surface area (Å²) >= 11 is 5.87. The third-order valence-electron chi connectivity index (χ3n) is 6.10. The first-order valence-electron chi connectivity index (χ1n) is 10.2. The van der Waals surface area contributed by atoms with Crippen molar-refractivity contribution in [2.45, 2.75) is 37.5 Å². The van der Waals surface area contributed by atoms with E-state index in [-0.39, 0.29) is 22.9 Å². The number of hydrogen-bond donors (Lipinski definition) is 2. The van der Waals surface area contributed by atoms with Gasteiger partial charge in [-0.3, -0.25) is 9.69 Å². The molecule has 0 saturated carbocycles. The van der Waals surface area contributed by atoms with Gasteiger partial charge in [-0.2, -0.15) is 13.2 Å². The van der Waals surface area contributed by atoms with E-state index >= 15 is 0 Å². The van der Waals surface area contributed by atoms with Crippen LogP contribution in [0.4, 0.5) is 18.9 Å². The summed E-state index contributed by atoms with van der Waals surface area (Å²) in [5.74, 6) is -0.250. The first-order valence-corrected chi connectivity index (χ1v) is 10.6. The molecule has 3 rings (SSSR count). The van der Waals surface area contributed by atoms with E-state index < -0.39 is 23.5 Å². The molecule has 1 aromatic carbocycles. The summed E-state index contributed by atoms with van der Waals surface area (Å²) in [6, 6.07) is 1.88. The van der Waals surface area contributed by atoms with Crippen LogP contribution >= 0.6 is 11.6 Å². The van der Waals surface area contributed by atoms with Gasteiger partial charge in [-0.05, 0) is 57.1 Å². The summed E-state index contributed by atoms with van der Waals surface area (Å²) in [6.07, 6.45) is -2.40. The number of rotatable bonds is 4. The van der Waals surface area contributed by atoms with Crippen molar-refractivity contribution in [3.8, 4) is 0 Å². The zero-order valence-corrected chi connectivity index (χ0v) is 17.8. The predicted molar refractivity (Wildman–Crippen MR) is 111 cm³/mol. The van der Waals surface area contributed by atoms with Crippen LogP contribution in [0.5, 0.6) is 0 Å². The molecular formula is C20H29ClF3N5O. The van der Waals surface area contributed by atoms with E-state index in [2.05, 4.69) is 16.8 Å². The zero-order chi connectivity index (χ0) is 22.1. The lowest BCUT2D eigenvalue weighted by Gasteiger charge is -2.42. The van der Waals surface area contributed by atoms with Gasteiger partial charge in [0.25, 0.3) is 0 Å². The van der Waals surface area contributed by atoms with Crippen LogP contribution in [-0.4, -0.2) is 79.0 Å². The van der Waals surface area contributed by atoms with E-state index in [1.165, 1.54) is 6.07 Å². The number of amides is 1. The number of piperidine rings is 1. The van der Waals surface area contributed by atoms with Crippen LogP contribution in [0.15, 0.2) is 12.1 Å². The van der Waals surface area contributed by atoms with E-state index in [0.29, 0.717) is 19.1 Å². The Balaban J connectivity index is 1.57. The number of anilines is 1. The lowest BCUT2D eigenvalue weighted by Crippen LogP contribution is -2.56. The molecule has 10 heteroatoms. The second kappa shape index (κ2) is 9.30. The summed E-state index contributed by atoms with van der Waals surface area (Å²) < 4.78 is 39.5. The Morgan fingerprint density at radius 3 is 2.33 bits per heavy atom. The van der Waals surface area contributed by atoms with Crippen LogP contribution in [0, 0.1) is 0 Å². The first kappa shape index (κ1) is 23.1. The monoisotopic (exact) mass is 447 g/mol. The van der Waals surface area contributed by atoms with Gasteiger partial charge in [0.15, 0.2) is 0 Å². The summed E-state index contributed by atoms with van der Waals surface area (Å²) in [5, 5.41) is -0.189. The molecule has 1 atom stereocenters. The Bertz CT molecular complexity index is 760. The minimum Gasteiger partial charge on any atom is -0.397 e. The number of nitrogens with zero attached hydrogens (tertiary/aromatic N) is 3. The molecule has 0 spiro atoms. The molecule has 0 aliphatic carbocycles. The third kappa shape index (κ3) is 5.38. The minimum atomic E-state index is -4.62. The highest BCUT2D eigenvalue weighted by molar-refractivity contribution is 6.33. The molecule has 168 valence electrons. The highest BCUT2D eigenvalue weighted by atomic mass is 35.5. The summed E-state index contributed by atoms with van der Waals surface area (Å²) in [4.78, 5) is 19.2. The Morgan fingerprint density at radius 2 is 1.77 bits per heavy atom. The molecule has 2 aliphatic rings. The largest absolute Gasteiger partial charge is 0.418 e. The van der Waals surface area contributed by atoms with Crippen LogP contribution in [0.25, 0.3) is 0 Å². The standard InChI is InChI=1S/C20H29ClF3N5O/c1-27-4-2-14(3-5-27)28-6-8-29(9-7-28)19(30)17(25)12-13-10-15(20(22,23)24)18(26)16(21)11-13/h10-11,14,17H,2-9,12,25-26H2,1H3/t17-/m1/s1. The number of halogens is 4. The smallest absolute Gasteiger partial charge is 0.397 e. The second-order valence-corrected chi connectivity index (χ2v) is 8.65. The summed E-state index contributed by atoms with van der Waals surface area (Å²) in [6.45, 7) is 4.90. The predicted octanol–water partition coefficient (Wildman–Crippen LogP) is 2.05. The van der Waals surface area contributed by atoms with Crippen molar-refractivity contribution in [2.24, 2.45) is 5.73 Å². The molecule has 30 heavy (non-hydrogen) atoms. The number of nitrogens with two attached hydrogens (primary N) is 2. The molecule has 6 nitrogen and oxygen atoms in total. The van der Waals surface area contributed by atoms with E-state index in [1.807, 2.05) is 0 Å². The molecule has 2 saturated heterocycles. The van der Waals surface area contributed by atoms with E-state index in [9.17, 15) is 18.0 Å². The van der Waals surface area contributed by atoms with Gasteiger partial charge < -0.3 is 21.3 Å². The maximum absolute atomic E-state index is 13.2. The molecule has 0 bridgehead atoms. The number of carbonyl (C=O) groups excluding carboxylic acids is 1. The Labute approximate surface area is 179 Å². The minimum absolute atomic E-state index is 0.0307. The molecule has 1 aromatic rings. The third-order valence-corrected chi connectivity index (χ3v) is 6.41. The van der Waals surface area contributed by atoms with Crippen molar-refractivity contribution in [3.05, 3.63) is 28.3 Å². The summed E-state index contributed by atoms with van der Waals surface area (Å²) in [5.41, 5.74) is 10.2. The lowest BCUT2D eigenvalue weighted by molar-refractivity contribution is -0.137. The fraction of sp³-hybridized carbons (Fsp3) is 0.650. The highest BCUT2D eigenvalue weighted by Crippen LogP contribution is 2.38. The number of benzene rings is 1. The van der Waals surface area contributed by atoms with Gasteiger partial charge in [-0.1, -0.05) is 11.6 Å². The van der Waals surface area contributed by atoms with Crippen molar-refractivity contribution in [2.75, 3.05) is 52.0 Å². The van der Waals surface area contributed by atoms with Crippen molar-refractivity contribution in [1.29, 1.82) is 0 Å². The Kier molecular flexibility index (Phi) is 7.16. The average Bonchev–Trinajstić information content (AvgIpc) is 2.70. The van der Waals surface area contributed by atoms with Crippen LogP contribution in [0.2, 0.25) is 5.02 Å². The van der Waals surface area contributed by atoms with Crippen LogP contribution in [0.1, 0.15) is 24.0 Å². The van der Waals surface area contributed by atoms with E-state index in [1.54, 1.807) is 4.90 Å². The SMILES string of the molecule is CN1CCC(N2CCN(C(=O)[C@H](N)Cc3cc(Cl)c(N)c(C(F)(F)F)c3)CC2)CC1. The molecule has 2 fully saturated rings. The number of hydrogen-bond acceptors (Lipinski definition) is 5.